The number of aromatic nitrogens is 2. The van der Waals surface area contributed by atoms with Crippen molar-refractivity contribution in [1.82, 2.24) is 9.97 Å². The van der Waals surface area contributed by atoms with E-state index < -0.39 is 0 Å². The summed E-state index contributed by atoms with van der Waals surface area (Å²) in [5, 5.41) is 2.17. The van der Waals surface area contributed by atoms with Gasteiger partial charge < -0.3 is 0 Å². The summed E-state index contributed by atoms with van der Waals surface area (Å²) in [6.45, 7) is 8.64. The molecule has 0 bridgehead atoms. The molecule has 258 valence electrons. The average molecular weight is 693 g/mol. The van der Waals surface area contributed by atoms with Crippen LogP contribution in [0.25, 0.3) is 88.8 Å². The molecular formula is C52H40N2. The molecule has 7 aromatic carbocycles. The highest BCUT2D eigenvalue weighted by Crippen LogP contribution is 2.41. The summed E-state index contributed by atoms with van der Waals surface area (Å²) in [5.74, 6) is 0. The van der Waals surface area contributed by atoms with E-state index in [1.54, 1.807) is 0 Å². The van der Waals surface area contributed by atoms with Crippen LogP contribution in [0.1, 0.15) is 22.3 Å². The zero-order valence-electron chi connectivity index (χ0n) is 31.1. The standard InChI is InChI=1S/C52H40N2/c1-33-15-17-35(3)45(29-33)49-31-47(41-23-19-39(20-24-41)37-11-7-5-8-12-37)43-27-28-44-48(42-25-21-40(22-26-42)38-13-9-6-10-14-38)32-50(54-52(44)51(43)53-49)46-30-34(2)16-18-36(46)4/h5-32H,1-4H3. The van der Waals surface area contributed by atoms with Crippen LogP contribution in [0.3, 0.4) is 0 Å². The van der Waals surface area contributed by atoms with Gasteiger partial charge in [0.25, 0.3) is 0 Å². The van der Waals surface area contributed by atoms with Crippen molar-refractivity contribution in [3.05, 3.63) is 192 Å². The van der Waals surface area contributed by atoms with E-state index in [0.717, 1.165) is 66.6 Å². The predicted molar refractivity (Wildman–Crippen MR) is 229 cm³/mol. The van der Waals surface area contributed by atoms with Crippen molar-refractivity contribution in [3.8, 4) is 67.0 Å². The maximum absolute atomic E-state index is 5.53. The van der Waals surface area contributed by atoms with Crippen LogP contribution in [0.5, 0.6) is 0 Å². The fourth-order valence-corrected chi connectivity index (χ4v) is 7.70. The van der Waals surface area contributed by atoms with Gasteiger partial charge in [-0.2, -0.15) is 0 Å². The highest BCUT2D eigenvalue weighted by molar-refractivity contribution is 6.13. The lowest BCUT2D eigenvalue weighted by Crippen LogP contribution is -1.97. The van der Waals surface area contributed by atoms with Crippen molar-refractivity contribution in [3.63, 3.8) is 0 Å². The molecule has 0 aliphatic rings. The molecule has 2 heteroatoms. The highest BCUT2D eigenvalue weighted by atomic mass is 14.8. The molecule has 54 heavy (non-hydrogen) atoms. The largest absolute Gasteiger partial charge is 0.245 e. The molecule has 2 nitrogen and oxygen atoms in total. The van der Waals surface area contributed by atoms with Gasteiger partial charge in [-0.15, -0.1) is 0 Å². The van der Waals surface area contributed by atoms with Gasteiger partial charge in [-0.1, -0.05) is 157 Å². The van der Waals surface area contributed by atoms with E-state index in [0.29, 0.717) is 0 Å². The Hall–Kier alpha value is -6.64. The van der Waals surface area contributed by atoms with Crippen LogP contribution >= 0.6 is 0 Å². The van der Waals surface area contributed by atoms with Gasteiger partial charge in [0.2, 0.25) is 0 Å². The number of aryl methyl sites for hydroxylation is 4. The number of hydrogen-bond acceptors (Lipinski definition) is 2. The number of nitrogens with zero attached hydrogens (tertiary/aromatic N) is 2. The van der Waals surface area contributed by atoms with Crippen LogP contribution in [0.4, 0.5) is 0 Å². The summed E-state index contributed by atoms with van der Waals surface area (Å²) in [5.41, 5.74) is 20.2. The van der Waals surface area contributed by atoms with Crippen LogP contribution in [-0.2, 0) is 0 Å². The van der Waals surface area contributed by atoms with Crippen molar-refractivity contribution in [2.75, 3.05) is 0 Å². The van der Waals surface area contributed by atoms with Crippen molar-refractivity contribution < 1.29 is 0 Å². The van der Waals surface area contributed by atoms with Gasteiger partial charge in [0.05, 0.1) is 22.4 Å². The predicted octanol–water partition coefficient (Wildman–Crippen LogP) is 14.0. The van der Waals surface area contributed by atoms with E-state index in [1.165, 1.54) is 44.5 Å². The molecule has 9 rings (SSSR count). The summed E-state index contributed by atoms with van der Waals surface area (Å²) >= 11 is 0. The first kappa shape index (κ1) is 33.2. The zero-order valence-corrected chi connectivity index (χ0v) is 31.1. The first-order chi connectivity index (χ1) is 26.4. The maximum Gasteiger partial charge on any atom is 0.0978 e. The number of fused-ring (bicyclic) bond motifs is 3. The van der Waals surface area contributed by atoms with E-state index in [2.05, 4.69) is 198 Å². The van der Waals surface area contributed by atoms with Crippen LogP contribution in [0, 0.1) is 27.7 Å². The molecule has 0 unspecified atom stereocenters. The summed E-state index contributed by atoms with van der Waals surface area (Å²) in [6, 6.07) is 61.3. The van der Waals surface area contributed by atoms with Crippen LogP contribution in [0.15, 0.2) is 170 Å². The molecule has 2 heterocycles. The first-order valence-corrected chi connectivity index (χ1v) is 18.6. The maximum atomic E-state index is 5.53. The minimum absolute atomic E-state index is 0.905. The minimum Gasteiger partial charge on any atom is -0.245 e. The summed E-state index contributed by atoms with van der Waals surface area (Å²) < 4.78 is 0. The Morgan fingerprint density at radius 2 is 0.648 bits per heavy atom. The van der Waals surface area contributed by atoms with Gasteiger partial charge in [0, 0.05) is 21.9 Å². The third-order valence-corrected chi connectivity index (χ3v) is 10.7. The topological polar surface area (TPSA) is 25.8 Å². The third kappa shape index (κ3) is 6.16. The average Bonchev–Trinajstić information content (AvgIpc) is 3.22. The molecule has 9 aromatic rings. The van der Waals surface area contributed by atoms with E-state index >= 15 is 0 Å². The number of hydrogen-bond donors (Lipinski definition) is 0. The Morgan fingerprint density at radius 1 is 0.296 bits per heavy atom. The van der Waals surface area contributed by atoms with Crippen molar-refractivity contribution >= 4 is 21.8 Å². The number of rotatable bonds is 6. The lowest BCUT2D eigenvalue weighted by Gasteiger charge is -2.17. The summed E-state index contributed by atoms with van der Waals surface area (Å²) in [7, 11) is 0. The van der Waals surface area contributed by atoms with Gasteiger partial charge in [0.1, 0.15) is 0 Å². The molecule has 0 saturated carbocycles. The Kier molecular flexibility index (Phi) is 8.44. The quantitative estimate of drug-likeness (QED) is 0.162. The molecule has 0 spiro atoms. The Morgan fingerprint density at radius 3 is 1.04 bits per heavy atom. The Labute approximate surface area is 317 Å². The highest BCUT2D eigenvalue weighted by Gasteiger charge is 2.19. The monoisotopic (exact) mass is 692 g/mol. The molecular weight excluding hydrogens is 653 g/mol. The molecule has 0 saturated heterocycles. The molecule has 2 aromatic heterocycles. The van der Waals surface area contributed by atoms with E-state index in [1.807, 2.05) is 0 Å². The third-order valence-electron chi connectivity index (χ3n) is 10.7. The van der Waals surface area contributed by atoms with Crippen molar-refractivity contribution in [2.24, 2.45) is 0 Å². The van der Waals surface area contributed by atoms with E-state index in [-0.39, 0.29) is 0 Å². The molecule has 0 fully saturated rings. The van der Waals surface area contributed by atoms with Gasteiger partial charge in [-0.3, -0.25) is 0 Å². The fraction of sp³-hybridized carbons (Fsp3) is 0.0769. The smallest absolute Gasteiger partial charge is 0.0978 e. The number of benzene rings is 7. The molecule has 0 aliphatic carbocycles. The first-order valence-electron chi connectivity index (χ1n) is 18.6. The Balaban J connectivity index is 1.32. The molecule has 0 atom stereocenters. The lowest BCUT2D eigenvalue weighted by atomic mass is 9.91. The van der Waals surface area contributed by atoms with Crippen molar-refractivity contribution in [1.29, 1.82) is 0 Å². The summed E-state index contributed by atoms with van der Waals surface area (Å²) in [4.78, 5) is 11.1. The van der Waals surface area contributed by atoms with Gasteiger partial charge in [-0.05, 0) is 108 Å². The van der Waals surface area contributed by atoms with Gasteiger partial charge in [0.15, 0.2) is 0 Å². The second-order valence-corrected chi connectivity index (χ2v) is 14.5. The molecule has 0 N–H and O–H groups in total. The molecule has 0 radical (unpaired) electrons. The SMILES string of the molecule is Cc1ccc(C)c(-c2cc(-c3ccc(-c4ccccc4)cc3)c3ccc4c(-c5ccc(-c6ccccc6)cc5)cc(-c5cc(C)ccc5C)nc4c3n2)c1. The Bertz CT molecular complexity index is 2620. The van der Waals surface area contributed by atoms with Gasteiger partial charge in [-0.25, -0.2) is 9.97 Å². The van der Waals surface area contributed by atoms with Crippen molar-refractivity contribution in [2.45, 2.75) is 27.7 Å². The molecule has 0 amide bonds. The van der Waals surface area contributed by atoms with Crippen LogP contribution in [-0.4, -0.2) is 9.97 Å². The zero-order chi connectivity index (χ0) is 36.8. The van der Waals surface area contributed by atoms with Gasteiger partial charge >= 0.3 is 0 Å². The van der Waals surface area contributed by atoms with Crippen LogP contribution in [0.2, 0.25) is 0 Å². The van der Waals surface area contributed by atoms with E-state index in [9.17, 15) is 0 Å². The lowest BCUT2D eigenvalue weighted by molar-refractivity contribution is 1.32. The molecule has 0 aliphatic heterocycles. The normalized spacial score (nSPS) is 11.3. The van der Waals surface area contributed by atoms with E-state index in [4.69, 9.17) is 9.97 Å². The second-order valence-electron chi connectivity index (χ2n) is 14.5. The number of pyridine rings is 2. The minimum atomic E-state index is 0.905. The van der Waals surface area contributed by atoms with Crippen LogP contribution < -0.4 is 0 Å². The summed E-state index contributed by atoms with van der Waals surface area (Å²) in [6.07, 6.45) is 0. The fourth-order valence-electron chi connectivity index (χ4n) is 7.70. The second kappa shape index (κ2) is 13.7.